The summed E-state index contributed by atoms with van der Waals surface area (Å²) in [6.45, 7) is 12.0. The fraction of sp³-hybridized carbons (Fsp3) is 0.533. The van der Waals surface area contributed by atoms with Crippen molar-refractivity contribution in [3.63, 3.8) is 0 Å². The average Bonchev–Trinajstić information content (AvgIpc) is 2.62. The van der Waals surface area contributed by atoms with E-state index in [-0.39, 0.29) is 5.04 Å². The number of fused-ring (bicyclic) bond motifs is 1. The van der Waals surface area contributed by atoms with Gasteiger partial charge in [0.2, 0.25) is 0 Å². The van der Waals surface area contributed by atoms with Crippen LogP contribution in [0.15, 0.2) is 18.3 Å². The minimum atomic E-state index is -1.73. The van der Waals surface area contributed by atoms with Crippen molar-refractivity contribution < 1.29 is 4.43 Å². The fourth-order valence-electron chi connectivity index (χ4n) is 1.87. The Labute approximate surface area is 136 Å². The van der Waals surface area contributed by atoms with Crippen molar-refractivity contribution in [2.75, 3.05) is 0 Å². The van der Waals surface area contributed by atoms with Crippen molar-refractivity contribution in [2.24, 2.45) is 7.05 Å². The van der Waals surface area contributed by atoms with E-state index < -0.39 is 8.32 Å². The summed E-state index contributed by atoms with van der Waals surface area (Å²) in [5.74, 6) is 0. The number of rotatable bonds is 3. The molecule has 0 aliphatic heterocycles. The first-order valence-corrected chi connectivity index (χ1v) is 10.8. The highest BCUT2D eigenvalue weighted by Gasteiger charge is 2.37. The zero-order chi connectivity index (χ0) is 15.1. The monoisotopic (exact) mass is 402 g/mol. The lowest BCUT2D eigenvalue weighted by molar-refractivity contribution is 0.273. The Balaban J connectivity index is 2.29. The summed E-state index contributed by atoms with van der Waals surface area (Å²) in [5, 5.41) is 1.43. The smallest absolute Gasteiger partial charge is 0.192 e. The van der Waals surface area contributed by atoms with Crippen LogP contribution in [-0.4, -0.2) is 17.9 Å². The Morgan fingerprint density at radius 3 is 2.60 bits per heavy atom. The molecular weight excluding hydrogens is 379 g/mol. The minimum absolute atomic E-state index is 0.228. The summed E-state index contributed by atoms with van der Waals surface area (Å²) >= 11 is 2.35. The van der Waals surface area contributed by atoms with Gasteiger partial charge in [0.05, 0.1) is 21.5 Å². The molecule has 0 radical (unpaired) electrons. The highest BCUT2D eigenvalue weighted by molar-refractivity contribution is 14.1. The van der Waals surface area contributed by atoms with Gasteiger partial charge in [-0.15, -0.1) is 0 Å². The van der Waals surface area contributed by atoms with Crippen LogP contribution in [0.25, 0.3) is 10.9 Å². The maximum absolute atomic E-state index is 6.30. The Hall–Kier alpha value is -0.403. The second-order valence-electron chi connectivity index (χ2n) is 6.77. The molecule has 2 aromatic rings. The Morgan fingerprint density at radius 1 is 1.35 bits per heavy atom. The van der Waals surface area contributed by atoms with Crippen LogP contribution in [0.3, 0.4) is 0 Å². The van der Waals surface area contributed by atoms with E-state index in [0.717, 1.165) is 5.69 Å². The van der Waals surface area contributed by atoms with Gasteiger partial charge in [-0.1, -0.05) is 20.8 Å². The number of aryl methyl sites for hydroxylation is 1. The third-order valence-electron chi connectivity index (χ3n) is 4.37. The average molecular weight is 402 g/mol. The molecule has 2 aromatic heterocycles. The number of hydrogen-bond donors (Lipinski definition) is 0. The SMILES string of the molecule is Cn1c(I)cc2c(CO[Si](C)(C)C(C)(C)C)nccc21. The summed E-state index contributed by atoms with van der Waals surface area (Å²) in [5.41, 5.74) is 2.27. The van der Waals surface area contributed by atoms with E-state index in [1.54, 1.807) is 0 Å². The molecule has 0 aliphatic rings. The van der Waals surface area contributed by atoms with E-state index >= 15 is 0 Å². The maximum Gasteiger partial charge on any atom is 0.192 e. The number of halogens is 1. The largest absolute Gasteiger partial charge is 0.411 e. The molecule has 0 amide bonds. The predicted molar refractivity (Wildman–Crippen MR) is 95.4 cm³/mol. The first-order valence-electron chi connectivity index (χ1n) is 6.86. The van der Waals surface area contributed by atoms with Gasteiger partial charge in [-0.2, -0.15) is 0 Å². The molecule has 0 saturated heterocycles. The lowest BCUT2D eigenvalue weighted by atomic mass is 10.2. The van der Waals surface area contributed by atoms with E-state index in [9.17, 15) is 0 Å². The van der Waals surface area contributed by atoms with E-state index in [0.29, 0.717) is 6.61 Å². The van der Waals surface area contributed by atoms with E-state index in [4.69, 9.17) is 4.43 Å². The molecule has 0 N–H and O–H groups in total. The molecule has 0 fully saturated rings. The number of nitrogens with zero attached hydrogens (tertiary/aromatic N) is 2. The molecule has 0 spiro atoms. The summed E-state index contributed by atoms with van der Waals surface area (Å²) in [6, 6.07) is 4.25. The molecule has 0 saturated carbocycles. The van der Waals surface area contributed by atoms with Gasteiger partial charge in [0.25, 0.3) is 0 Å². The summed E-state index contributed by atoms with van der Waals surface area (Å²) in [4.78, 5) is 4.53. The molecule has 0 unspecified atom stereocenters. The van der Waals surface area contributed by atoms with Gasteiger partial charge in [-0.25, -0.2) is 0 Å². The van der Waals surface area contributed by atoms with Crippen LogP contribution in [0.2, 0.25) is 18.1 Å². The van der Waals surface area contributed by atoms with Crippen molar-refractivity contribution in [3.8, 4) is 0 Å². The minimum Gasteiger partial charge on any atom is -0.411 e. The lowest BCUT2D eigenvalue weighted by Gasteiger charge is -2.36. The van der Waals surface area contributed by atoms with Gasteiger partial charge in [0, 0.05) is 18.6 Å². The molecule has 2 rings (SSSR count). The van der Waals surface area contributed by atoms with Crippen LogP contribution in [0, 0.1) is 3.70 Å². The normalized spacial score (nSPS) is 13.2. The van der Waals surface area contributed by atoms with Crippen molar-refractivity contribution in [3.05, 3.63) is 27.7 Å². The molecule has 20 heavy (non-hydrogen) atoms. The molecule has 5 heteroatoms. The van der Waals surface area contributed by atoms with Gasteiger partial charge in [0.15, 0.2) is 8.32 Å². The van der Waals surface area contributed by atoms with Crippen LogP contribution in [0.1, 0.15) is 26.5 Å². The van der Waals surface area contributed by atoms with Crippen molar-refractivity contribution in [2.45, 2.75) is 45.5 Å². The third kappa shape index (κ3) is 2.94. The van der Waals surface area contributed by atoms with Crippen LogP contribution < -0.4 is 0 Å². The Bertz CT molecular complexity index is 629. The molecule has 0 bridgehead atoms. The van der Waals surface area contributed by atoms with Crippen LogP contribution in [0.4, 0.5) is 0 Å². The first kappa shape index (κ1) is 16.0. The van der Waals surface area contributed by atoms with Gasteiger partial charge in [-0.05, 0) is 52.9 Å². The number of aromatic nitrogens is 2. The highest BCUT2D eigenvalue weighted by atomic mass is 127. The predicted octanol–water partition coefficient (Wildman–Crippen LogP) is 4.70. The van der Waals surface area contributed by atoms with E-state index in [1.807, 2.05) is 6.20 Å². The maximum atomic E-state index is 6.30. The molecule has 0 atom stereocenters. The molecule has 110 valence electrons. The van der Waals surface area contributed by atoms with Gasteiger partial charge in [0.1, 0.15) is 0 Å². The topological polar surface area (TPSA) is 27.1 Å². The molecule has 0 aliphatic carbocycles. The molecular formula is C15H23IN2OSi. The van der Waals surface area contributed by atoms with Crippen molar-refractivity contribution in [1.82, 2.24) is 9.55 Å². The van der Waals surface area contributed by atoms with Crippen LogP contribution in [0.5, 0.6) is 0 Å². The van der Waals surface area contributed by atoms with Gasteiger partial charge < -0.3 is 8.99 Å². The Morgan fingerprint density at radius 2 is 2.00 bits per heavy atom. The third-order valence-corrected chi connectivity index (χ3v) is 9.88. The first-order chi connectivity index (χ1) is 9.13. The fourth-order valence-corrected chi connectivity index (χ4v) is 3.37. The summed E-state index contributed by atoms with van der Waals surface area (Å²) < 4.78 is 9.71. The summed E-state index contributed by atoms with van der Waals surface area (Å²) in [7, 11) is 0.355. The second-order valence-corrected chi connectivity index (χ2v) is 12.7. The molecule has 2 heterocycles. The van der Waals surface area contributed by atoms with Crippen molar-refractivity contribution >= 4 is 41.8 Å². The zero-order valence-electron chi connectivity index (χ0n) is 13.1. The number of pyridine rings is 1. The standard InChI is InChI=1S/C15H23IN2OSi/c1-15(2,3)20(5,6)19-10-12-11-9-14(16)18(4)13(11)7-8-17-12/h7-9H,10H2,1-6H3. The molecule has 3 nitrogen and oxygen atoms in total. The summed E-state index contributed by atoms with van der Waals surface area (Å²) in [6.07, 6.45) is 1.88. The van der Waals surface area contributed by atoms with Crippen molar-refractivity contribution in [1.29, 1.82) is 0 Å². The van der Waals surface area contributed by atoms with Crippen LogP contribution >= 0.6 is 22.6 Å². The zero-order valence-corrected chi connectivity index (χ0v) is 16.3. The molecule has 0 aromatic carbocycles. The van der Waals surface area contributed by atoms with E-state index in [2.05, 4.69) is 85.2 Å². The van der Waals surface area contributed by atoms with E-state index in [1.165, 1.54) is 14.6 Å². The highest BCUT2D eigenvalue weighted by Crippen LogP contribution is 2.37. The Kier molecular flexibility index (Phi) is 4.33. The lowest BCUT2D eigenvalue weighted by Crippen LogP contribution is -2.40. The number of hydrogen-bond acceptors (Lipinski definition) is 2. The second kappa shape index (κ2) is 5.42. The quantitative estimate of drug-likeness (QED) is 0.550. The van der Waals surface area contributed by atoms with Gasteiger partial charge >= 0.3 is 0 Å². The van der Waals surface area contributed by atoms with Gasteiger partial charge in [-0.3, -0.25) is 4.98 Å². The van der Waals surface area contributed by atoms with Crippen LogP contribution in [-0.2, 0) is 18.1 Å².